The Labute approximate surface area is 151 Å². The van der Waals surface area contributed by atoms with Gasteiger partial charge in [0.25, 0.3) is 10.0 Å². The van der Waals surface area contributed by atoms with Crippen molar-refractivity contribution in [1.29, 1.82) is 5.26 Å². The largest absolute Gasteiger partial charge is 0.299 e. The zero-order valence-electron chi connectivity index (χ0n) is 14.0. The van der Waals surface area contributed by atoms with Crippen LogP contribution in [0.2, 0.25) is 0 Å². The second kappa shape index (κ2) is 6.62. The third kappa shape index (κ3) is 3.46. The molecule has 1 N–H and O–H groups in total. The lowest BCUT2D eigenvalue weighted by Gasteiger charge is -2.10. The highest BCUT2D eigenvalue weighted by Gasteiger charge is 2.26. The van der Waals surface area contributed by atoms with Gasteiger partial charge in [0, 0.05) is 17.7 Å². The fourth-order valence-corrected chi connectivity index (χ4v) is 5.39. The van der Waals surface area contributed by atoms with Crippen LogP contribution in [0.4, 0.5) is 5.00 Å². The number of ketones is 1. The Balaban J connectivity index is 1.94. The number of fused-ring (bicyclic) bond motifs is 1. The van der Waals surface area contributed by atoms with Crippen LogP contribution in [0.15, 0.2) is 29.2 Å². The average Bonchev–Trinajstić information content (AvgIpc) is 2.90. The number of sulfonamides is 1. The molecule has 0 amide bonds. The molecule has 1 aromatic heterocycles. The van der Waals surface area contributed by atoms with Gasteiger partial charge in [-0.15, -0.1) is 11.3 Å². The van der Waals surface area contributed by atoms with E-state index in [0.717, 1.165) is 16.0 Å². The standard InChI is InChI=1S/C18H18N2O3S2/c1-11(2)12-3-6-14(7-4-12)25(22,23)20-18-16(10-19)15-8-5-13(21)9-17(15)24-18/h3-4,6-7,11,20H,5,8-9H2,1-2H3. The van der Waals surface area contributed by atoms with Crippen molar-refractivity contribution in [1.82, 2.24) is 0 Å². The lowest BCUT2D eigenvalue weighted by Crippen LogP contribution is -2.13. The number of hydrogen-bond acceptors (Lipinski definition) is 5. The molecule has 0 saturated heterocycles. The summed E-state index contributed by atoms with van der Waals surface area (Å²) in [6.45, 7) is 4.08. The quantitative estimate of drug-likeness (QED) is 0.886. The minimum absolute atomic E-state index is 0.122. The fraction of sp³-hybridized carbons (Fsp3) is 0.333. The van der Waals surface area contributed by atoms with Gasteiger partial charge in [0.2, 0.25) is 0 Å². The maximum absolute atomic E-state index is 12.6. The van der Waals surface area contributed by atoms with E-state index in [1.807, 2.05) is 13.8 Å². The van der Waals surface area contributed by atoms with E-state index >= 15 is 0 Å². The Bertz CT molecular complexity index is 965. The highest BCUT2D eigenvalue weighted by molar-refractivity contribution is 7.93. The number of anilines is 1. The third-order valence-corrected chi connectivity index (χ3v) is 6.94. The van der Waals surface area contributed by atoms with Gasteiger partial charge in [-0.25, -0.2) is 8.42 Å². The van der Waals surface area contributed by atoms with Crippen molar-refractivity contribution >= 4 is 32.1 Å². The molecule has 1 aromatic carbocycles. The molecule has 1 heterocycles. The molecule has 0 atom stereocenters. The van der Waals surface area contributed by atoms with E-state index in [4.69, 9.17) is 0 Å². The van der Waals surface area contributed by atoms with Crippen LogP contribution >= 0.6 is 11.3 Å². The fourth-order valence-electron chi connectivity index (χ4n) is 2.85. The predicted octanol–water partition coefficient (Wildman–Crippen LogP) is 3.60. The summed E-state index contributed by atoms with van der Waals surface area (Å²) >= 11 is 1.19. The number of nitriles is 1. The highest BCUT2D eigenvalue weighted by atomic mass is 32.2. The van der Waals surface area contributed by atoms with Crippen LogP contribution in [0.1, 0.15) is 47.8 Å². The van der Waals surface area contributed by atoms with Crippen LogP contribution in [-0.4, -0.2) is 14.2 Å². The van der Waals surface area contributed by atoms with Gasteiger partial charge < -0.3 is 0 Å². The number of nitrogens with one attached hydrogen (secondary N) is 1. The number of thiophene rings is 1. The second-order valence-electron chi connectivity index (χ2n) is 6.36. The summed E-state index contributed by atoms with van der Waals surface area (Å²) in [6.07, 6.45) is 1.18. The van der Waals surface area contributed by atoms with E-state index in [2.05, 4.69) is 10.8 Å². The molecular weight excluding hydrogens is 356 g/mol. The first-order valence-corrected chi connectivity index (χ1v) is 10.3. The molecule has 0 unspecified atom stereocenters. The molecule has 0 aliphatic heterocycles. The molecule has 130 valence electrons. The Hall–Kier alpha value is -2.17. The molecular formula is C18H18N2O3S2. The summed E-state index contributed by atoms with van der Waals surface area (Å²) in [5, 5.41) is 9.73. The monoisotopic (exact) mass is 374 g/mol. The number of nitrogens with zero attached hydrogens (tertiary/aromatic N) is 1. The lowest BCUT2D eigenvalue weighted by atomic mass is 9.95. The average molecular weight is 374 g/mol. The first kappa shape index (κ1) is 17.6. The van der Waals surface area contributed by atoms with Gasteiger partial charge >= 0.3 is 0 Å². The summed E-state index contributed by atoms with van der Waals surface area (Å²) in [5.41, 5.74) is 2.21. The summed E-state index contributed by atoms with van der Waals surface area (Å²) in [7, 11) is -3.78. The smallest absolute Gasteiger partial charge is 0.262 e. The normalized spacial score (nSPS) is 14.2. The minimum atomic E-state index is -3.78. The SMILES string of the molecule is CC(C)c1ccc(S(=O)(=O)Nc2sc3c(c2C#N)CCC(=O)C3)cc1. The Morgan fingerprint density at radius 2 is 1.88 bits per heavy atom. The van der Waals surface area contributed by atoms with E-state index in [1.165, 1.54) is 11.3 Å². The van der Waals surface area contributed by atoms with Gasteiger partial charge in [0.1, 0.15) is 16.9 Å². The van der Waals surface area contributed by atoms with Crippen molar-refractivity contribution in [3.63, 3.8) is 0 Å². The molecule has 1 aliphatic carbocycles. The maximum Gasteiger partial charge on any atom is 0.262 e. The molecule has 7 heteroatoms. The van der Waals surface area contributed by atoms with Crippen LogP contribution < -0.4 is 4.72 Å². The summed E-state index contributed by atoms with van der Waals surface area (Å²) in [4.78, 5) is 12.6. The Morgan fingerprint density at radius 3 is 2.48 bits per heavy atom. The summed E-state index contributed by atoms with van der Waals surface area (Å²) < 4.78 is 27.8. The van der Waals surface area contributed by atoms with Crippen LogP contribution in [0.3, 0.4) is 0 Å². The predicted molar refractivity (Wildman–Crippen MR) is 97.4 cm³/mol. The first-order valence-electron chi connectivity index (χ1n) is 8.01. The van der Waals surface area contributed by atoms with E-state index in [9.17, 15) is 18.5 Å². The van der Waals surface area contributed by atoms with Crippen molar-refractivity contribution in [2.24, 2.45) is 0 Å². The van der Waals surface area contributed by atoms with Gasteiger partial charge in [-0.1, -0.05) is 26.0 Å². The summed E-state index contributed by atoms with van der Waals surface area (Å²) in [6, 6.07) is 8.82. The number of carbonyl (C=O) groups is 1. The van der Waals surface area contributed by atoms with Gasteiger partial charge in [-0.05, 0) is 35.6 Å². The highest BCUT2D eigenvalue weighted by Crippen LogP contribution is 2.37. The molecule has 0 spiro atoms. The maximum atomic E-state index is 12.6. The van der Waals surface area contributed by atoms with Crippen molar-refractivity contribution in [2.45, 2.75) is 43.9 Å². The Kier molecular flexibility index (Phi) is 4.67. The molecule has 5 nitrogen and oxygen atoms in total. The molecule has 3 rings (SSSR count). The van der Waals surface area contributed by atoms with Gasteiger partial charge in [-0.2, -0.15) is 5.26 Å². The van der Waals surface area contributed by atoms with E-state index in [0.29, 0.717) is 29.3 Å². The number of hydrogen-bond donors (Lipinski definition) is 1. The third-order valence-electron chi connectivity index (χ3n) is 4.30. The van der Waals surface area contributed by atoms with Gasteiger partial charge in [0.15, 0.2) is 0 Å². The summed E-state index contributed by atoms with van der Waals surface area (Å²) in [5.74, 6) is 0.438. The number of rotatable bonds is 4. The molecule has 0 saturated carbocycles. The van der Waals surface area contributed by atoms with Crippen LogP contribution in [0.5, 0.6) is 0 Å². The number of Topliss-reactive ketones (excluding diaryl/α,β-unsaturated/α-hetero) is 1. The zero-order valence-corrected chi connectivity index (χ0v) is 15.6. The van der Waals surface area contributed by atoms with E-state index < -0.39 is 10.0 Å². The number of carbonyl (C=O) groups excluding carboxylic acids is 1. The lowest BCUT2D eigenvalue weighted by molar-refractivity contribution is -0.118. The second-order valence-corrected chi connectivity index (χ2v) is 9.15. The minimum Gasteiger partial charge on any atom is -0.299 e. The molecule has 0 radical (unpaired) electrons. The van der Waals surface area contributed by atoms with Crippen molar-refractivity contribution in [3.8, 4) is 6.07 Å². The van der Waals surface area contributed by atoms with Crippen molar-refractivity contribution in [3.05, 3.63) is 45.8 Å². The topological polar surface area (TPSA) is 87.0 Å². The van der Waals surface area contributed by atoms with E-state index in [-0.39, 0.29) is 17.1 Å². The zero-order chi connectivity index (χ0) is 18.2. The first-order chi connectivity index (χ1) is 11.8. The van der Waals surface area contributed by atoms with Gasteiger partial charge in [-0.3, -0.25) is 9.52 Å². The molecule has 2 aromatic rings. The number of benzene rings is 1. The van der Waals surface area contributed by atoms with E-state index in [1.54, 1.807) is 24.3 Å². The van der Waals surface area contributed by atoms with Crippen molar-refractivity contribution in [2.75, 3.05) is 4.72 Å². The molecule has 1 aliphatic rings. The van der Waals surface area contributed by atoms with Gasteiger partial charge in [0.05, 0.1) is 10.5 Å². The van der Waals surface area contributed by atoms with Crippen LogP contribution in [0, 0.1) is 11.3 Å². The Morgan fingerprint density at radius 1 is 1.20 bits per heavy atom. The molecule has 0 fully saturated rings. The van der Waals surface area contributed by atoms with Crippen LogP contribution in [0.25, 0.3) is 0 Å². The molecule has 25 heavy (non-hydrogen) atoms. The van der Waals surface area contributed by atoms with Crippen molar-refractivity contribution < 1.29 is 13.2 Å². The molecule has 0 bridgehead atoms. The van der Waals surface area contributed by atoms with Crippen LogP contribution in [-0.2, 0) is 27.7 Å².